The maximum atomic E-state index is 12.5. The normalized spacial score (nSPS) is 42.4. The van der Waals surface area contributed by atoms with Gasteiger partial charge in [-0.15, -0.1) is 0 Å². The average Bonchev–Trinajstić information content (AvgIpc) is 3.04. The molecule has 0 aromatic heterocycles. The Morgan fingerprint density at radius 2 is 2.22 bits per heavy atom. The fraction of sp³-hybridized carbons (Fsp3) is 0.933. The lowest BCUT2D eigenvalue weighted by atomic mass is 9.88. The maximum Gasteiger partial charge on any atom is 0.242 e. The van der Waals surface area contributed by atoms with E-state index in [9.17, 15) is 4.79 Å². The fourth-order valence-corrected chi connectivity index (χ4v) is 4.53. The second-order valence-corrected chi connectivity index (χ2v) is 6.98. The summed E-state index contributed by atoms with van der Waals surface area (Å²) in [4.78, 5) is 14.5. The Kier molecular flexibility index (Phi) is 3.13. The number of rotatable bonds is 3. The van der Waals surface area contributed by atoms with E-state index < -0.39 is 0 Å². The molecule has 3 nitrogen and oxygen atoms in total. The maximum absolute atomic E-state index is 12.5. The van der Waals surface area contributed by atoms with Crippen LogP contribution in [0.1, 0.15) is 45.4 Å². The second kappa shape index (κ2) is 4.52. The van der Waals surface area contributed by atoms with Crippen LogP contribution in [0, 0.1) is 17.8 Å². The third-order valence-electron chi connectivity index (χ3n) is 5.58. The molecule has 2 saturated carbocycles. The van der Waals surface area contributed by atoms with Gasteiger partial charge in [0.25, 0.3) is 0 Å². The van der Waals surface area contributed by atoms with Crippen molar-refractivity contribution in [3.63, 3.8) is 0 Å². The SMILES string of the molecule is CN(CC1CC2CCC1C2)C(=O)C1(C)CCCN1. The predicted octanol–water partition coefficient (Wildman–Crippen LogP) is 2.02. The van der Waals surface area contributed by atoms with Crippen LogP contribution >= 0.6 is 0 Å². The molecule has 1 heterocycles. The Hall–Kier alpha value is -0.570. The topological polar surface area (TPSA) is 32.3 Å². The van der Waals surface area contributed by atoms with E-state index in [4.69, 9.17) is 0 Å². The highest BCUT2D eigenvalue weighted by Gasteiger charge is 2.42. The molecule has 3 aliphatic rings. The molecule has 0 radical (unpaired) electrons. The number of likely N-dealkylation sites (N-methyl/N-ethyl adjacent to an activating group) is 1. The number of carbonyl (C=O) groups excluding carboxylic acids is 1. The van der Waals surface area contributed by atoms with Crippen LogP contribution in [0.2, 0.25) is 0 Å². The molecule has 4 unspecified atom stereocenters. The van der Waals surface area contributed by atoms with Crippen molar-refractivity contribution in [2.45, 2.75) is 51.0 Å². The van der Waals surface area contributed by atoms with E-state index in [1.54, 1.807) is 0 Å². The highest BCUT2D eigenvalue weighted by atomic mass is 16.2. The zero-order valence-electron chi connectivity index (χ0n) is 11.7. The molecule has 1 N–H and O–H groups in total. The van der Waals surface area contributed by atoms with Gasteiger partial charge in [0, 0.05) is 13.6 Å². The molecule has 0 aromatic carbocycles. The molecule has 0 aromatic rings. The summed E-state index contributed by atoms with van der Waals surface area (Å²) in [6.45, 7) is 4.04. The molecule has 3 heteroatoms. The van der Waals surface area contributed by atoms with Gasteiger partial charge in [-0.25, -0.2) is 0 Å². The molecule has 1 amide bonds. The van der Waals surface area contributed by atoms with Crippen molar-refractivity contribution in [2.24, 2.45) is 17.8 Å². The molecule has 1 saturated heterocycles. The summed E-state index contributed by atoms with van der Waals surface area (Å²) in [6, 6.07) is 0. The molecule has 3 rings (SSSR count). The Balaban J connectivity index is 1.58. The summed E-state index contributed by atoms with van der Waals surface area (Å²) in [6.07, 6.45) is 7.77. The Morgan fingerprint density at radius 3 is 2.78 bits per heavy atom. The van der Waals surface area contributed by atoms with Gasteiger partial charge in [-0.2, -0.15) is 0 Å². The highest BCUT2D eigenvalue weighted by Crippen LogP contribution is 2.48. The first kappa shape index (κ1) is 12.5. The van der Waals surface area contributed by atoms with E-state index in [1.165, 1.54) is 25.7 Å². The van der Waals surface area contributed by atoms with Crippen LogP contribution in [0.3, 0.4) is 0 Å². The molecule has 102 valence electrons. The van der Waals surface area contributed by atoms with Gasteiger partial charge in [0.1, 0.15) is 0 Å². The van der Waals surface area contributed by atoms with Crippen molar-refractivity contribution in [1.29, 1.82) is 0 Å². The van der Waals surface area contributed by atoms with E-state index in [2.05, 4.69) is 12.2 Å². The first-order chi connectivity index (χ1) is 8.58. The summed E-state index contributed by atoms with van der Waals surface area (Å²) in [5.74, 6) is 2.98. The first-order valence-corrected chi connectivity index (χ1v) is 7.59. The number of nitrogens with one attached hydrogen (secondary N) is 1. The van der Waals surface area contributed by atoms with E-state index in [0.29, 0.717) is 5.91 Å². The highest BCUT2D eigenvalue weighted by molar-refractivity contribution is 5.86. The fourth-order valence-electron chi connectivity index (χ4n) is 4.53. The molecule has 3 fully saturated rings. The van der Waals surface area contributed by atoms with E-state index in [0.717, 1.165) is 43.7 Å². The molecular formula is C15H26N2O. The first-order valence-electron chi connectivity index (χ1n) is 7.59. The summed E-state index contributed by atoms with van der Waals surface area (Å²) in [5.41, 5.74) is -0.285. The number of carbonyl (C=O) groups is 1. The van der Waals surface area contributed by atoms with Gasteiger partial charge < -0.3 is 10.2 Å². The van der Waals surface area contributed by atoms with Crippen molar-refractivity contribution in [3.8, 4) is 0 Å². The van der Waals surface area contributed by atoms with Crippen LogP contribution in [0.15, 0.2) is 0 Å². The van der Waals surface area contributed by atoms with Crippen molar-refractivity contribution in [1.82, 2.24) is 10.2 Å². The third-order valence-corrected chi connectivity index (χ3v) is 5.58. The van der Waals surface area contributed by atoms with Crippen molar-refractivity contribution in [3.05, 3.63) is 0 Å². The van der Waals surface area contributed by atoms with E-state index >= 15 is 0 Å². The summed E-state index contributed by atoms with van der Waals surface area (Å²) in [5, 5.41) is 3.38. The number of amides is 1. The van der Waals surface area contributed by atoms with Crippen LogP contribution < -0.4 is 5.32 Å². The van der Waals surface area contributed by atoms with Crippen molar-refractivity contribution in [2.75, 3.05) is 20.1 Å². The number of hydrogen-bond acceptors (Lipinski definition) is 2. The standard InChI is InChI=1S/C15H26N2O/c1-15(6-3-7-16-15)14(18)17(2)10-13-9-11-4-5-12(13)8-11/h11-13,16H,3-10H2,1-2H3. The molecule has 0 spiro atoms. The van der Waals surface area contributed by atoms with Gasteiger partial charge in [-0.3, -0.25) is 4.79 Å². The lowest BCUT2D eigenvalue weighted by Gasteiger charge is -2.33. The molecule has 4 atom stereocenters. The van der Waals surface area contributed by atoms with Crippen LogP contribution in [0.5, 0.6) is 0 Å². The minimum Gasteiger partial charge on any atom is -0.344 e. The number of nitrogens with zero attached hydrogens (tertiary/aromatic N) is 1. The van der Waals surface area contributed by atoms with Gasteiger partial charge >= 0.3 is 0 Å². The third kappa shape index (κ3) is 2.07. The minimum atomic E-state index is -0.285. The number of fused-ring (bicyclic) bond motifs is 2. The Labute approximate surface area is 110 Å². The van der Waals surface area contributed by atoms with E-state index in [-0.39, 0.29) is 5.54 Å². The molecular weight excluding hydrogens is 224 g/mol. The van der Waals surface area contributed by atoms with Gasteiger partial charge in [0.2, 0.25) is 5.91 Å². The minimum absolute atomic E-state index is 0.285. The van der Waals surface area contributed by atoms with Gasteiger partial charge in [-0.05, 0) is 63.3 Å². The largest absolute Gasteiger partial charge is 0.344 e. The number of hydrogen-bond donors (Lipinski definition) is 1. The van der Waals surface area contributed by atoms with Crippen LogP contribution in [-0.2, 0) is 4.79 Å². The summed E-state index contributed by atoms with van der Waals surface area (Å²) < 4.78 is 0. The predicted molar refractivity (Wildman–Crippen MR) is 72.2 cm³/mol. The van der Waals surface area contributed by atoms with Crippen LogP contribution in [0.25, 0.3) is 0 Å². The Bertz CT molecular complexity index is 335. The molecule has 1 aliphatic heterocycles. The van der Waals surface area contributed by atoms with Crippen molar-refractivity contribution < 1.29 is 4.79 Å². The zero-order valence-corrected chi connectivity index (χ0v) is 11.7. The van der Waals surface area contributed by atoms with Crippen molar-refractivity contribution >= 4 is 5.91 Å². The van der Waals surface area contributed by atoms with Crippen LogP contribution in [-0.4, -0.2) is 36.5 Å². The van der Waals surface area contributed by atoms with Gasteiger partial charge in [-0.1, -0.05) is 6.42 Å². The second-order valence-electron chi connectivity index (χ2n) is 6.98. The lowest BCUT2D eigenvalue weighted by Crippen LogP contribution is -2.52. The van der Waals surface area contributed by atoms with Crippen LogP contribution in [0.4, 0.5) is 0 Å². The quantitative estimate of drug-likeness (QED) is 0.831. The molecule has 2 bridgehead atoms. The summed E-state index contributed by atoms with van der Waals surface area (Å²) >= 11 is 0. The average molecular weight is 250 g/mol. The zero-order chi connectivity index (χ0) is 12.8. The van der Waals surface area contributed by atoms with Gasteiger partial charge in [0.15, 0.2) is 0 Å². The summed E-state index contributed by atoms with van der Waals surface area (Å²) in [7, 11) is 2.00. The molecule has 2 aliphatic carbocycles. The molecule has 18 heavy (non-hydrogen) atoms. The smallest absolute Gasteiger partial charge is 0.242 e. The van der Waals surface area contributed by atoms with E-state index in [1.807, 2.05) is 11.9 Å². The van der Waals surface area contributed by atoms with Gasteiger partial charge in [0.05, 0.1) is 5.54 Å². The Morgan fingerprint density at radius 1 is 1.39 bits per heavy atom. The lowest BCUT2D eigenvalue weighted by molar-refractivity contribution is -0.136. The monoisotopic (exact) mass is 250 g/mol.